The Labute approximate surface area is 380 Å². The van der Waals surface area contributed by atoms with Crippen LogP contribution in [0.15, 0.2) is 0 Å². The fourth-order valence-corrected chi connectivity index (χ4v) is 4.94. The lowest BCUT2D eigenvalue weighted by Crippen LogP contribution is -2.51. The van der Waals surface area contributed by atoms with Crippen molar-refractivity contribution in [2.24, 2.45) is 0 Å². The normalized spacial score (nSPS) is 14.0. The van der Waals surface area contributed by atoms with Crippen molar-refractivity contribution in [3.05, 3.63) is 0 Å². The molecule has 0 saturated carbocycles. The molecule has 0 aromatic heterocycles. The fraction of sp³-hybridized carbons (Fsp3) is 0.783. The van der Waals surface area contributed by atoms with E-state index in [9.17, 15) is 48.6 Å². The molecular formula is C46H78N2O16. The van der Waals surface area contributed by atoms with Crippen LogP contribution in [-0.4, -0.2) is 126 Å². The molecule has 64 heavy (non-hydrogen) atoms. The number of nitrogens with zero attached hydrogens (tertiary/aromatic N) is 2. The maximum absolute atomic E-state index is 12.8. The van der Waals surface area contributed by atoms with E-state index in [-0.39, 0.29) is 38.5 Å². The summed E-state index contributed by atoms with van der Waals surface area (Å²) in [7, 11) is 0. The predicted molar refractivity (Wildman–Crippen MR) is 237 cm³/mol. The second kappa shape index (κ2) is 25.1. The van der Waals surface area contributed by atoms with Crippen LogP contribution in [0.5, 0.6) is 0 Å². The van der Waals surface area contributed by atoms with Crippen molar-refractivity contribution in [1.29, 1.82) is 0 Å². The molecule has 0 rings (SSSR count). The zero-order valence-corrected chi connectivity index (χ0v) is 42.1. The highest BCUT2D eigenvalue weighted by Crippen LogP contribution is 2.23. The molecule has 2 unspecified atom stereocenters. The Hall–Kier alpha value is -4.76. The monoisotopic (exact) mass is 915 g/mol. The molecule has 18 nitrogen and oxygen atoms in total. The first-order valence-electron chi connectivity index (χ1n) is 21.3. The zero-order valence-electron chi connectivity index (χ0n) is 42.1. The first kappa shape index (κ1) is 61.3. The Morgan fingerprint density at radius 2 is 0.734 bits per heavy atom. The summed E-state index contributed by atoms with van der Waals surface area (Å²) in [5.41, 5.74) is -4.98. The maximum atomic E-state index is 12.8. The number of ketones is 2. The third-order valence-corrected chi connectivity index (χ3v) is 7.25. The molecule has 0 radical (unpaired) electrons. The Kier molecular flexibility index (Phi) is 24.0. The second-order valence-corrected chi connectivity index (χ2v) is 21.1. The third kappa shape index (κ3) is 30.3. The number of esters is 2. The molecule has 4 amide bonds. The maximum Gasteiger partial charge on any atom is 0.420 e. The van der Waals surface area contributed by atoms with Crippen molar-refractivity contribution < 1.29 is 77.0 Å². The van der Waals surface area contributed by atoms with E-state index in [2.05, 4.69) is 11.8 Å². The number of amides is 4. The molecular weight excluding hydrogens is 837 g/mol. The summed E-state index contributed by atoms with van der Waals surface area (Å²) in [6.07, 6.45) is -6.32. The Bertz CT molecular complexity index is 1610. The van der Waals surface area contributed by atoms with Crippen LogP contribution in [-0.2, 0) is 47.6 Å². The van der Waals surface area contributed by atoms with E-state index in [0.29, 0.717) is 9.80 Å². The minimum atomic E-state index is -1.29. The van der Waals surface area contributed by atoms with Gasteiger partial charge in [0.25, 0.3) is 0 Å². The molecule has 18 heteroatoms. The van der Waals surface area contributed by atoms with E-state index in [4.69, 9.17) is 28.4 Å². The van der Waals surface area contributed by atoms with Gasteiger partial charge in [-0.3, -0.25) is 14.4 Å². The van der Waals surface area contributed by atoms with E-state index >= 15 is 0 Å². The zero-order chi connectivity index (χ0) is 51.0. The molecule has 0 aliphatic heterocycles. The van der Waals surface area contributed by atoms with Crippen LogP contribution in [0.3, 0.4) is 0 Å². The molecule has 0 aliphatic carbocycles. The molecule has 2 N–H and O–H groups in total. The number of hydrogen-bond acceptors (Lipinski definition) is 16. The molecule has 0 bridgehead atoms. The van der Waals surface area contributed by atoms with E-state index < -0.39 is 106 Å². The number of Topliss-reactive ketones (excluding diaryl/α,β-unsaturated/α-hetero) is 2. The highest BCUT2D eigenvalue weighted by molar-refractivity contribution is 5.96. The summed E-state index contributed by atoms with van der Waals surface area (Å²) in [5.74, 6) is 2.32. The minimum Gasteiger partial charge on any atom is -0.460 e. The summed E-state index contributed by atoms with van der Waals surface area (Å²) in [6, 6.07) is -2.44. The van der Waals surface area contributed by atoms with Gasteiger partial charge < -0.3 is 38.6 Å². The standard InChI is InChI=1S/C23H41NO8.C23H37NO8/c2*1-15(25)17(13-11-16(26)12-14-18(27)30-21(2,3)4)24(19(28)31-22(5,6)7)20(29)32-23(8,9)10/h16-17,26H,11-14H2,1-10H3;16-17,26H,11,13H2,1-10H3/t2*16?,17-/m00/s1. The summed E-state index contributed by atoms with van der Waals surface area (Å²) in [4.78, 5) is 100. The van der Waals surface area contributed by atoms with E-state index in [1.54, 1.807) is 125 Å². The molecule has 4 atom stereocenters. The lowest BCUT2D eigenvalue weighted by Gasteiger charge is -2.32. The van der Waals surface area contributed by atoms with Gasteiger partial charge in [-0.25, -0.2) is 33.8 Å². The smallest absolute Gasteiger partial charge is 0.420 e. The number of rotatable bonds is 13. The quantitative estimate of drug-likeness (QED) is 0.0770. The van der Waals surface area contributed by atoms with Gasteiger partial charge in [0.1, 0.15) is 51.8 Å². The molecule has 0 aliphatic rings. The number of ether oxygens (including phenoxy) is 6. The number of hydrogen-bond donors (Lipinski definition) is 2. The van der Waals surface area contributed by atoms with Gasteiger partial charge in [-0.2, -0.15) is 0 Å². The van der Waals surface area contributed by atoms with E-state index in [1.165, 1.54) is 13.8 Å². The summed E-state index contributed by atoms with van der Waals surface area (Å²) in [6.45, 7) is 32.3. The van der Waals surface area contributed by atoms with Gasteiger partial charge in [0.15, 0.2) is 11.6 Å². The number of aliphatic hydroxyl groups is 2. The molecule has 368 valence electrons. The van der Waals surface area contributed by atoms with Gasteiger partial charge in [0.2, 0.25) is 0 Å². The number of carbonyl (C=O) groups is 8. The number of aliphatic hydroxyl groups excluding tert-OH is 2. The highest BCUT2D eigenvalue weighted by atomic mass is 16.6. The van der Waals surface area contributed by atoms with Crippen molar-refractivity contribution in [3.63, 3.8) is 0 Å². The van der Waals surface area contributed by atoms with Gasteiger partial charge in [0, 0.05) is 12.3 Å². The van der Waals surface area contributed by atoms with Gasteiger partial charge in [0.05, 0.1) is 6.10 Å². The Morgan fingerprint density at radius 1 is 0.438 bits per heavy atom. The predicted octanol–water partition coefficient (Wildman–Crippen LogP) is 7.98. The van der Waals surface area contributed by atoms with Crippen LogP contribution in [0.2, 0.25) is 0 Å². The van der Waals surface area contributed by atoms with Crippen molar-refractivity contribution >= 4 is 47.9 Å². The van der Waals surface area contributed by atoms with Crippen molar-refractivity contribution in [2.45, 2.75) is 235 Å². The second-order valence-electron chi connectivity index (χ2n) is 21.1. The number of carbonyl (C=O) groups excluding carboxylic acids is 8. The van der Waals surface area contributed by atoms with Crippen molar-refractivity contribution in [1.82, 2.24) is 9.80 Å². The van der Waals surface area contributed by atoms with Crippen LogP contribution in [0.25, 0.3) is 0 Å². The lowest BCUT2D eigenvalue weighted by atomic mass is 10.0. The molecule has 0 fully saturated rings. The highest BCUT2D eigenvalue weighted by Gasteiger charge is 2.40. The minimum absolute atomic E-state index is 0.00498. The van der Waals surface area contributed by atoms with E-state index in [0.717, 1.165) is 0 Å². The van der Waals surface area contributed by atoms with Crippen LogP contribution >= 0.6 is 0 Å². The third-order valence-electron chi connectivity index (χ3n) is 7.25. The number of imide groups is 2. The lowest BCUT2D eigenvalue weighted by molar-refractivity contribution is -0.155. The first-order chi connectivity index (χ1) is 28.4. The SMILES string of the molecule is CC(=O)[C@H](CCC(O)C#CC(=O)OC(C)(C)C)N(C(=O)OC(C)(C)C)C(=O)OC(C)(C)C.CC(=O)[C@H](CCC(O)CCC(=O)OC(C)(C)C)N(C(=O)OC(C)(C)C)C(=O)OC(C)(C)C. The fourth-order valence-electron chi connectivity index (χ4n) is 4.94. The first-order valence-corrected chi connectivity index (χ1v) is 21.3. The molecule has 0 aromatic rings. The van der Waals surface area contributed by atoms with Crippen LogP contribution in [0.4, 0.5) is 19.2 Å². The molecule has 0 saturated heterocycles. The van der Waals surface area contributed by atoms with Gasteiger partial charge in [-0.05, 0) is 171 Å². The van der Waals surface area contributed by atoms with Crippen LogP contribution < -0.4 is 0 Å². The molecule has 0 heterocycles. The van der Waals surface area contributed by atoms with Crippen LogP contribution in [0, 0.1) is 11.8 Å². The Morgan fingerprint density at radius 3 is 1.02 bits per heavy atom. The van der Waals surface area contributed by atoms with Gasteiger partial charge in [-0.15, -0.1) is 0 Å². The van der Waals surface area contributed by atoms with Gasteiger partial charge >= 0.3 is 36.3 Å². The largest absolute Gasteiger partial charge is 0.460 e. The van der Waals surface area contributed by atoms with Crippen molar-refractivity contribution in [2.75, 3.05) is 0 Å². The van der Waals surface area contributed by atoms with Gasteiger partial charge in [-0.1, -0.05) is 5.92 Å². The summed E-state index contributed by atoms with van der Waals surface area (Å²) < 4.78 is 31.4. The Balaban J connectivity index is 0. The average molecular weight is 915 g/mol. The topological polar surface area (TPSA) is 239 Å². The van der Waals surface area contributed by atoms with Crippen LogP contribution in [0.1, 0.15) is 177 Å². The molecule has 0 spiro atoms. The molecule has 0 aromatic carbocycles. The van der Waals surface area contributed by atoms with Crippen molar-refractivity contribution in [3.8, 4) is 11.8 Å². The van der Waals surface area contributed by atoms with E-state index in [1.807, 2.05) is 0 Å². The summed E-state index contributed by atoms with van der Waals surface area (Å²) >= 11 is 0. The summed E-state index contributed by atoms with van der Waals surface area (Å²) in [5, 5.41) is 20.4. The average Bonchev–Trinajstić information content (AvgIpc) is 3.01.